The Morgan fingerprint density at radius 1 is 0.719 bits per heavy atom. The first kappa shape index (κ1) is 22.4. The summed E-state index contributed by atoms with van der Waals surface area (Å²) in [6.45, 7) is 3.93. The Balaban J connectivity index is 1.43. The molecule has 2 aromatic rings. The quantitative estimate of drug-likeness (QED) is 0.307. The maximum absolute atomic E-state index is 7.21. The Morgan fingerprint density at radius 3 is 1.75 bits per heavy atom. The van der Waals surface area contributed by atoms with Crippen LogP contribution in [0.3, 0.4) is 0 Å². The minimum Gasteiger partial charge on any atom is -0.388 e. The molecule has 4 aliphatic rings. The Bertz CT molecular complexity index is 775. The largest absolute Gasteiger partial charge is 0.407 e. The van der Waals surface area contributed by atoms with Crippen LogP contribution in [0.4, 0.5) is 0 Å². The van der Waals surface area contributed by atoms with Gasteiger partial charge in [0.1, 0.15) is 0 Å². The van der Waals surface area contributed by atoms with Crippen LogP contribution in [0.25, 0.3) is 0 Å². The third kappa shape index (κ3) is 4.62. The first-order chi connectivity index (χ1) is 15.7. The van der Waals surface area contributed by atoms with E-state index < -0.39 is 8.56 Å². The average molecular weight is 449 g/mol. The van der Waals surface area contributed by atoms with E-state index in [2.05, 4.69) is 67.6 Å². The minimum atomic E-state index is -2.76. The van der Waals surface area contributed by atoms with E-state index in [1.165, 1.54) is 68.2 Å². The van der Waals surface area contributed by atoms with Crippen LogP contribution in [0.15, 0.2) is 60.7 Å². The van der Waals surface area contributed by atoms with Gasteiger partial charge in [0.15, 0.2) is 0 Å². The highest BCUT2D eigenvalue weighted by Crippen LogP contribution is 2.60. The van der Waals surface area contributed by atoms with Crippen molar-refractivity contribution < 1.29 is 8.85 Å². The van der Waals surface area contributed by atoms with Gasteiger partial charge < -0.3 is 8.85 Å². The summed E-state index contributed by atoms with van der Waals surface area (Å²) in [6, 6.07) is 21.8. The normalized spacial score (nSPS) is 28.8. The maximum atomic E-state index is 7.21. The molecule has 0 aliphatic heterocycles. The zero-order chi connectivity index (χ0) is 21.9. The summed E-state index contributed by atoms with van der Waals surface area (Å²) in [4.78, 5) is 0. The van der Waals surface area contributed by atoms with E-state index in [9.17, 15) is 0 Å². The zero-order valence-electron chi connectivity index (χ0n) is 19.8. The van der Waals surface area contributed by atoms with Gasteiger partial charge in [0.05, 0.1) is 0 Å². The molecule has 2 nitrogen and oxygen atoms in total. The van der Waals surface area contributed by atoms with Crippen LogP contribution in [0, 0.1) is 23.2 Å². The summed E-state index contributed by atoms with van der Waals surface area (Å²) in [5.41, 5.74) is 0.391. The molecular formula is C29H40O2Si. The summed E-state index contributed by atoms with van der Waals surface area (Å²) in [7, 11) is -2.76. The van der Waals surface area contributed by atoms with Crippen molar-refractivity contribution in [3.63, 3.8) is 0 Å². The van der Waals surface area contributed by atoms with Gasteiger partial charge in [-0.2, -0.15) is 0 Å². The second kappa shape index (κ2) is 9.83. The second-order valence-electron chi connectivity index (χ2n) is 11.0. The van der Waals surface area contributed by atoms with Crippen molar-refractivity contribution in [1.82, 2.24) is 0 Å². The van der Waals surface area contributed by atoms with E-state index in [0.29, 0.717) is 5.41 Å². The minimum absolute atomic E-state index is 0.391. The fourth-order valence-corrected chi connectivity index (χ4v) is 10.6. The van der Waals surface area contributed by atoms with Crippen LogP contribution in [-0.2, 0) is 8.85 Å². The Hall–Kier alpha value is -1.42. The molecule has 4 fully saturated rings. The molecule has 4 aliphatic carbocycles. The van der Waals surface area contributed by atoms with Gasteiger partial charge in [-0.25, -0.2) is 0 Å². The fraction of sp³-hybridized carbons (Fsp3) is 0.586. The predicted molar refractivity (Wildman–Crippen MR) is 135 cm³/mol. The maximum Gasteiger partial charge on any atom is 0.407 e. The van der Waals surface area contributed by atoms with Crippen LogP contribution >= 0.6 is 0 Å². The summed E-state index contributed by atoms with van der Waals surface area (Å²) in [5, 5.41) is 2.51. The number of hydrogen-bond donors (Lipinski definition) is 0. The molecule has 4 bridgehead atoms. The van der Waals surface area contributed by atoms with Crippen molar-refractivity contribution in [3.8, 4) is 0 Å². The molecule has 0 unspecified atom stereocenters. The molecule has 172 valence electrons. The number of rotatable bonds is 11. The van der Waals surface area contributed by atoms with Crippen LogP contribution < -0.4 is 10.4 Å². The van der Waals surface area contributed by atoms with Gasteiger partial charge in [0.25, 0.3) is 0 Å². The monoisotopic (exact) mass is 448 g/mol. The molecule has 0 saturated heterocycles. The smallest absolute Gasteiger partial charge is 0.388 e. The van der Waals surface area contributed by atoms with E-state index in [-0.39, 0.29) is 0 Å². The van der Waals surface area contributed by atoms with Crippen LogP contribution in [-0.4, -0.2) is 21.8 Å². The van der Waals surface area contributed by atoms with Crippen molar-refractivity contribution >= 4 is 18.9 Å². The van der Waals surface area contributed by atoms with Crippen molar-refractivity contribution in [1.29, 1.82) is 0 Å². The second-order valence-corrected chi connectivity index (χ2v) is 13.9. The van der Waals surface area contributed by atoms with Gasteiger partial charge in [-0.05, 0) is 78.5 Å². The molecule has 0 spiro atoms. The first-order valence-corrected chi connectivity index (χ1v) is 14.9. The van der Waals surface area contributed by atoms with Crippen LogP contribution in [0.5, 0.6) is 0 Å². The SMILES string of the molecule is CCCCCCO[Si](OCC12CC3CC(CC(C3)C1)C2)(c1ccccc1)c1ccccc1. The van der Waals surface area contributed by atoms with Gasteiger partial charge >= 0.3 is 8.56 Å². The lowest BCUT2D eigenvalue weighted by atomic mass is 9.50. The van der Waals surface area contributed by atoms with E-state index in [1.807, 2.05) is 0 Å². The first-order valence-electron chi connectivity index (χ1n) is 13.1. The average Bonchev–Trinajstić information content (AvgIpc) is 2.81. The topological polar surface area (TPSA) is 18.5 Å². The van der Waals surface area contributed by atoms with E-state index >= 15 is 0 Å². The molecule has 0 N–H and O–H groups in total. The lowest BCUT2D eigenvalue weighted by molar-refractivity contribution is -0.0792. The predicted octanol–water partition coefficient (Wildman–Crippen LogP) is 6.07. The van der Waals surface area contributed by atoms with Gasteiger partial charge in [0.2, 0.25) is 0 Å². The van der Waals surface area contributed by atoms with Gasteiger partial charge in [0, 0.05) is 13.2 Å². The van der Waals surface area contributed by atoms with Crippen LogP contribution in [0.1, 0.15) is 71.1 Å². The molecule has 6 rings (SSSR count). The lowest BCUT2D eigenvalue weighted by Crippen LogP contribution is -2.65. The molecule has 0 amide bonds. The Morgan fingerprint density at radius 2 is 1.25 bits per heavy atom. The molecule has 3 heteroatoms. The molecule has 0 aromatic heterocycles. The van der Waals surface area contributed by atoms with Gasteiger partial charge in [-0.1, -0.05) is 86.8 Å². The zero-order valence-corrected chi connectivity index (χ0v) is 20.8. The molecule has 2 aromatic carbocycles. The third-order valence-electron chi connectivity index (χ3n) is 8.36. The van der Waals surface area contributed by atoms with Crippen molar-refractivity contribution in [2.45, 2.75) is 71.1 Å². The van der Waals surface area contributed by atoms with Crippen LogP contribution in [0.2, 0.25) is 0 Å². The third-order valence-corrected chi connectivity index (χ3v) is 11.7. The Kier molecular flexibility index (Phi) is 6.87. The summed E-state index contributed by atoms with van der Waals surface area (Å²) in [6.07, 6.45) is 13.5. The number of unbranched alkanes of at least 4 members (excludes halogenated alkanes) is 3. The van der Waals surface area contributed by atoms with Crippen molar-refractivity contribution in [3.05, 3.63) is 60.7 Å². The van der Waals surface area contributed by atoms with E-state index in [1.54, 1.807) is 0 Å². The van der Waals surface area contributed by atoms with Crippen molar-refractivity contribution in [2.75, 3.05) is 13.2 Å². The highest BCUT2D eigenvalue weighted by atomic mass is 28.4. The van der Waals surface area contributed by atoms with Crippen molar-refractivity contribution in [2.24, 2.45) is 23.2 Å². The summed E-state index contributed by atoms with van der Waals surface area (Å²) < 4.78 is 14.1. The summed E-state index contributed by atoms with van der Waals surface area (Å²) >= 11 is 0. The van der Waals surface area contributed by atoms with E-state index in [0.717, 1.165) is 37.4 Å². The Labute approximate surface area is 196 Å². The molecular weight excluding hydrogens is 408 g/mol. The van der Waals surface area contributed by atoms with Gasteiger partial charge in [-0.15, -0.1) is 0 Å². The molecule has 0 radical (unpaired) electrons. The highest BCUT2D eigenvalue weighted by molar-refractivity contribution is 6.92. The molecule has 4 saturated carbocycles. The molecule has 32 heavy (non-hydrogen) atoms. The number of benzene rings is 2. The van der Waals surface area contributed by atoms with E-state index in [4.69, 9.17) is 8.85 Å². The highest BCUT2D eigenvalue weighted by Gasteiger charge is 2.53. The number of hydrogen-bond acceptors (Lipinski definition) is 2. The van der Waals surface area contributed by atoms with Gasteiger partial charge in [-0.3, -0.25) is 0 Å². The standard InChI is InChI=1S/C29H40O2Si/c1-2-3-4-11-16-30-32(27-12-7-5-8-13-27,28-14-9-6-10-15-28)31-23-29-20-24-17-25(21-29)19-26(18-24)22-29/h5-10,12-15,24-26H,2-4,11,16-23H2,1H3. The lowest BCUT2D eigenvalue weighted by Gasteiger charge is -2.57. The summed E-state index contributed by atoms with van der Waals surface area (Å²) in [5.74, 6) is 2.85. The fourth-order valence-electron chi connectivity index (χ4n) is 7.32. The molecule has 0 atom stereocenters. The molecule has 0 heterocycles.